The first-order valence-electron chi connectivity index (χ1n) is 5.89. The third-order valence-electron chi connectivity index (χ3n) is 2.75. The van der Waals surface area contributed by atoms with E-state index in [0.29, 0.717) is 0 Å². The number of primary amides is 1. The molecule has 0 radical (unpaired) electrons. The molecule has 0 fully saturated rings. The zero-order valence-corrected chi connectivity index (χ0v) is 12.4. The van der Waals surface area contributed by atoms with Gasteiger partial charge in [0.1, 0.15) is 16.6 Å². The molecule has 118 valence electrons. The molecule has 1 atom stereocenters. The van der Waals surface area contributed by atoms with Gasteiger partial charge in [-0.25, -0.2) is 8.42 Å². The Hall–Kier alpha value is -1.91. The topological polar surface area (TPSA) is 141 Å². The fraction of sp³-hybridized carbons (Fsp3) is 0.455. The van der Waals surface area contributed by atoms with Crippen molar-refractivity contribution in [1.29, 1.82) is 0 Å². The summed E-state index contributed by atoms with van der Waals surface area (Å²) in [6.45, 7) is 0.0841. The molecule has 10 heteroatoms. The Balaban J connectivity index is 3.02. The molecule has 0 aliphatic heterocycles. The number of aryl methyl sites for hydroxylation is 1. The summed E-state index contributed by atoms with van der Waals surface area (Å²) in [6.07, 6.45) is 1.15. The number of nitrogens with one attached hydrogen (secondary N) is 1. The molecular weight excluding hydrogens is 302 g/mol. The third kappa shape index (κ3) is 4.28. The van der Waals surface area contributed by atoms with Gasteiger partial charge in [-0.1, -0.05) is 0 Å². The summed E-state index contributed by atoms with van der Waals surface area (Å²) in [5, 5.41) is 9.00. The van der Waals surface area contributed by atoms with E-state index in [0.717, 1.165) is 6.07 Å². The molecule has 1 unspecified atom stereocenters. The molecule has 1 aromatic rings. The Morgan fingerprint density at radius 2 is 2.14 bits per heavy atom. The minimum atomic E-state index is -4.09. The molecular formula is C11H17N3O6S. The van der Waals surface area contributed by atoms with Gasteiger partial charge in [-0.05, 0) is 12.5 Å². The summed E-state index contributed by atoms with van der Waals surface area (Å²) in [6, 6.07) is -0.243. The molecule has 4 N–H and O–H groups in total. The number of aromatic nitrogens is 1. The fourth-order valence-corrected chi connectivity index (χ4v) is 2.94. The highest BCUT2D eigenvalue weighted by Crippen LogP contribution is 2.14. The molecule has 1 amide bonds. The van der Waals surface area contributed by atoms with Crippen LogP contribution in [0.25, 0.3) is 0 Å². The highest BCUT2D eigenvalue weighted by molar-refractivity contribution is 7.89. The van der Waals surface area contributed by atoms with Crippen molar-refractivity contribution < 1.29 is 27.9 Å². The molecule has 1 aromatic heterocycles. The molecule has 1 rings (SSSR count). The number of carbonyl (C=O) groups excluding carboxylic acids is 1. The van der Waals surface area contributed by atoms with Crippen molar-refractivity contribution in [2.75, 3.05) is 13.7 Å². The Morgan fingerprint density at radius 3 is 2.57 bits per heavy atom. The van der Waals surface area contributed by atoms with Crippen molar-refractivity contribution in [3.63, 3.8) is 0 Å². The fourth-order valence-electron chi connectivity index (χ4n) is 1.65. The van der Waals surface area contributed by atoms with E-state index >= 15 is 0 Å². The van der Waals surface area contributed by atoms with Crippen LogP contribution in [-0.2, 0) is 26.6 Å². The Morgan fingerprint density at radius 1 is 1.52 bits per heavy atom. The molecule has 1 heterocycles. The average molecular weight is 319 g/mol. The summed E-state index contributed by atoms with van der Waals surface area (Å²) < 4.78 is 32.3. The predicted octanol–water partition coefficient (Wildman–Crippen LogP) is -1.11. The summed E-state index contributed by atoms with van der Waals surface area (Å²) in [7, 11) is -1.25. The van der Waals surface area contributed by atoms with Crippen LogP contribution in [0.15, 0.2) is 17.2 Å². The summed E-state index contributed by atoms with van der Waals surface area (Å²) in [5.41, 5.74) is 5.10. The van der Waals surface area contributed by atoms with E-state index in [9.17, 15) is 18.0 Å². The van der Waals surface area contributed by atoms with E-state index < -0.39 is 27.9 Å². The van der Waals surface area contributed by atoms with Crippen LogP contribution in [-0.4, -0.2) is 49.7 Å². The Bertz CT molecular complexity index is 636. The molecule has 21 heavy (non-hydrogen) atoms. The van der Waals surface area contributed by atoms with Crippen molar-refractivity contribution >= 4 is 21.9 Å². The number of carboxylic acids is 1. The van der Waals surface area contributed by atoms with Gasteiger partial charge in [0.2, 0.25) is 10.0 Å². The monoisotopic (exact) mass is 319 g/mol. The number of rotatable bonds is 8. The molecule has 0 aromatic carbocycles. The largest absolute Gasteiger partial charge is 0.480 e. The van der Waals surface area contributed by atoms with E-state index in [4.69, 9.17) is 15.6 Å². The number of nitrogens with two attached hydrogens (primary N) is 1. The Kier molecular flexibility index (Phi) is 5.47. The lowest BCUT2D eigenvalue weighted by Gasteiger charge is -2.13. The van der Waals surface area contributed by atoms with Crippen molar-refractivity contribution in [1.82, 2.24) is 9.29 Å². The zero-order valence-electron chi connectivity index (χ0n) is 11.6. The molecule has 9 nitrogen and oxygen atoms in total. The Labute approximate surface area is 121 Å². The first kappa shape index (κ1) is 17.1. The standard InChI is InChI=1S/C11H17N3O6S/c1-14-6-7(5-9(14)10(12)15)21(18,19)13-8(11(16)17)3-4-20-2/h5-6,8,13H,3-4H2,1-2H3,(H2,12,15)(H,16,17). The highest BCUT2D eigenvalue weighted by atomic mass is 32.2. The maximum absolute atomic E-state index is 12.1. The van der Waals surface area contributed by atoms with Crippen LogP contribution < -0.4 is 10.5 Å². The number of hydrogen-bond acceptors (Lipinski definition) is 5. The molecule has 0 bridgehead atoms. The van der Waals surface area contributed by atoms with Gasteiger partial charge >= 0.3 is 5.97 Å². The lowest BCUT2D eigenvalue weighted by molar-refractivity contribution is -0.139. The SMILES string of the molecule is COCCC(NS(=O)(=O)c1cc(C(N)=O)n(C)c1)C(=O)O. The number of carbonyl (C=O) groups is 2. The minimum Gasteiger partial charge on any atom is -0.480 e. The van der Waals surface area contributed by atoms with Crippen LogP contribution in [0.1, 0.15) is 16.9 Å². The third-order valence-corrected chi connectivity index (χ3v) is 4.19. The van der Waals surface area contributed by atoms with Gasteiger partial charge in [-0.15, -0.1) is 0 Å². The van der Waals surface area contributed by atoms with Gasteiger partial charge in [0.15, 0.2) is 0 Å². The zero-order chi connectivity index (χ0) is 16.2. The lowest BCUT2D eigenvalue weighted by atomic mass is 10.2. The maximum atomic E-state index is 12.1. The first-order chi connectivity index (χ1) is 9.69. The normalized spacial score (nSPS) is 13.0. The van der Waals surface area contributed by atoms with Gasteiger partial charge in [0.25, 0.3) is 5.91 Å². The van der Waals surface area contributed by atoms with Gasteiger partial charge < -0.3 is 20.1 Å². The van der Waals surface area contributed by atoms with Crippen molar-refractivity contribution in [3.05, 3.63) is 18.0 Å². The highest BCUT2D eigenvalue weighted by Gasteiger charge is 2.27. The number of methoxy groups -OCH3 is 1. The average Bonchev–Trinajstić information content (AvgIpc) is 2.77. The molecule has 0 saturated heterocycles. The van der Waals surface area contributed by atoms with Gasteiger partial charge in [0.05, 0.1) is 0 Å². The second kappa shape index (κ2) is 6.70. The van der Waals surface area contributed by atoms with E-state index in [1.807, 2.05) is 0 Å². The van der Waals surface area contributed by atoms with Gasteiger partial charge in [0, 0.05) is 27.0 Å². The van der Waals surface area contributed by atoms with E-state index in [2.05, 4.69) is 4.72 Å². The predicted molar refractivity (Wildman–Crippen MR) is 72.2 cm³/mol. The molecule has 0 saturated carbocycles. The molecule has 0 aliphatic carbocycles. The lowest BCUT2D eigenvalue weighted by Crippen LogP contribution is -2.41. The number of amides is 1. The minimum absolute atomic E-state index is 0.000795. The van der Waals surface area contributed by atoms with E-state index in [1.54, 1.807) is 0 Å². The van der Waals surface area contributed by atoms with Crippen LogP contribution >= 0.6 is 0 Å². The first-order valence-corrected chi connectivity index (χ1v) is 7.37. The van der Waals surface area contributed by atoms with Crippen molar-refractivity contribution in [2.45, 2.75) is 17.4 Å². The second-order valence-corrected chi connectivity index (χ2v) is 6.04. The van der Waals surface area contributed by atoms with E-state index in [1.165, 1.54) is 24.9 Å². The summed E-state index contributed by atoms with van der Waals surface area (Å²) in [4.78, 5) is 21.9. The smallest absolute Gasteiger partial charge is 0.321 e. The number of sulfonamides is 1. The maximum Gasteiger partial charge on any atom is 0.321 e. The van der Waals surface area contributed by atoms with Gasteiger partial charge in [-0.3, -0.25) is 9.59 Å². The quantitative estimate of drug-likeness (QED) is 0.555. The van der Waals surface area contributed by atoms with Crippen molar-refractivity contribution in [2.24, 2.45) is 12.8 Å². The number of nitrogens with zero attached hydrogens (tertiary/aromatic N) is 1. The molecule has 0 aliphatic rings. The van der Waals surface area contributed by atoms with Crippen LogP contribution in [0, 0.1) is 0 Å². The van der Waals surface area contributed by atoms with Crippen LogP contribution in [0.2, 0.25) is 0 Å². The molecule has 0 spiro atoms. The van der Waals surface area contributed by atoms with Crippen molar-refractivity contribution in [3.8, 4) is 0 Å². The van der Waals surface area contributed by atoms with E-state index in [-0.39, 0.29) is 23.6 Å². The van der Waals surface area contributed by atoms with Crippen LogP contribution in [0.5, 0.6) is 0 Å². The van der Waals surface area contributed by atoms with Gasteiger partial charge in [-0.2, -0.15) is 4.72 Å². The van der Waals surface area contributed by atoms with Crippen LogP contribution in [0.4, 0.5) is 0 Å². The summed E-state index contributed by atoms with van der Waals surface area (Å²) in [5.74, 6) is -2.10. The number of carboxylic acid groups (broad SMARTS) is 1. The second-order valence-electron chi connectivity index (χ2n) is 4.33. The van der Waals surface area contributed by atoms with Crippen LogP contribution in [0.3, 0.4) is 0 Å². The number of hydrogen-bond donors (Lipinski definition) is 3. The summed E-state index contributed by atoms with van der Waals surface area (Å²) >= 11 is 0. The number of ether oxygens (including phenoxy) is 1. The number of aliphatic carboxylic acids is 1.